The predicted octanol–water partition coefficient (Wildman–Crippen LogP) is 3.74. The molecular formula is C10H9F3. The highest BCUT2D eigenvalue weighted by atomic mass is 19.4. The Balaban J connectivity index is 3.20. The average molecular weight is 186 g/mol. The summed E-state index contributed by atoms with van der Waals surface area (Å²) in [6.45, 7) is 1.69. The first-order valence-corrected chi connectivity index (χ1v) is 3.84. The van der Waals surface area contributed by atoms with Crippen LogP contribution >= 0.6 is 0 Å². The molecule has 0 nitrogen and oxygen atoms in total. The summed E-state index contributed by atoms with van der Waals surface area (Å²) in [6, 6.07) is 5.50. The minimum absolute atomic E-state index is 0.206. The molecule has 0 aromatic heterocycles. The molecule has 0 saturated heterocycles. The summed E-state index contributed by atoms with van der Waals surface area (Å²) in [7, 11) is 0. The van der Waals surface area contributed by atoms with Crippen LogP contribution in [0.15, 0.2) is 30.3 Å². The second-order valence-electron chi connectivity index (χ2n) is 2.59. The van der Waals surface area contributed by atoms with Crippen molar-refractivity contribution in [3.8, 4) is 0 Å². The highest BCUT2D eigenvalue weighted by Crippen LogP contribution is 2.32. The number of halogens is 3. The summed E-state index contributed by atoms with van der Waals surface area (Å²) in [5, 5.41) is 0. The molecule has 1 aromatic carbocycles. The number of rotatable bonds is 1. The molecule has 0 bridgehead atoms. The van der Waals surface area contributed by atoms with Crippen molar-refractivity contribution in [1.29, 1.82) is 0 Å². The lowest BCUT2D eigenvalue weighted by molar-refractivity contribution is -0.137. The molecule has 0 saturated carbocycles. The number of benzene rings is 1. The number of alkyl halides is 3. The van der Waals surface area contributed by atoms with Crippen LogP contribution in [0.4, 0.5) is 13.2 Å². The maximum Gasteiger partial charge on any atom is 0.416 e. The van der Waals surface area contributed by atoms with Gasteiger partial charge in [0, 0.05) is 0 Å². The van der Waals surface area contributed by atoms with Gasteiger partial charge < -0.3 is 0 Å². The molecular weight excluding hydrogens is 177 g/mol. The minimum Gasteiger partial charge on any atom is -0.166 e. The summed E-state index contributed by atoms with van der Waals surface area (Å²) in [6.07, 6.45) is -1.23. The SMILES string of the molecule is CC=Cc1ccccc1C(F)(F)F. The predicted molar refractivity (Wildman–Crippen MR) is 46.2 cm³/mol. The van der Waals surface area contributed by atoms with Gasteiger partial charge >= 0.3 is 6.18 Å². The first kappa shape index (κ1) is 9.84. The van der Waals surface area contributed by atoms with Gasteiger partial charge in [0.05, 0.1) is 5.56 Å². The fourth-order valence-electron chi connectivity index (χ4n) is 1.08. The molecule has 70 valence electrons. The van der Waals surface area contributed by atoms with E-state index in [9.17, 15) is 13.2 Å². The van der Waals surface area contributed by atoms with E-state index in [2.05, 4.69) is 0 Å². The maximum atomic E-state index is 12.3. The standard InChI is InChI=1S/C10H9F3/c1-2-5-8-6-3-4-7-9(8)10(11,12)13/h2-7H,1H3. The maximum absolute atomic E-state index is 12.3. The normalized spacial score (nSPS) is 12.3. The first-order chi connectivity index (χ1) is 6.05. The third-order valence-corrected chi connectivity index (χ3v) is 1.61. The van der Waals surface area contributed by atoms with Crippen molar-refractivity contribution in [3.63, 3.8) is 0 Å². The van der Waals surface area contributed by atoms with Crippen molar-refractivity contribution < 1.29 is 13.2 Å². The van der Waals surface area contributed by atoms with Crippen LogP contribution in [0.3, 0.4) is 0 Å². The summed E-state index contributed by atoms with van der Waals surface area (Å²) < 4.78 is 37.0. The Morgan fingerprint density at radius 3 is 2.31 bits per heavy atom. The molecule has 0 amide bonds. The topological polar surface area (TPSA) is 0 Å². The van der Waals surface area contributed by atoms with Gasteiger partial charge in [-0.05, 0) is 18.6 Å². The molecule has 13 heavy (non-hydrogen) atoms. The van der Waals surface area contributed by atoms with Crippen molar-refractivity contribution in [2.45, 2.75) is 13.1 Å². The first-order valence-electron chi connectivity index (χ1n) is 3.84. The van der Waals surface area contributed by atoms with E-state index in [0.717, 1.165) is 6.07 Å². The lowest BCUT2D eigenvalue weighted by atomic mass is 10.1. The molecule has 0 radical (unpaired) electrons. The summed E-state index contributed by atoms with van der Waals surface area (Å²) in [5.74, 6) is 0. The van der Waals surface area contributed by atoms with Crippen LogP contribution in [0.25, 0.3) is 6.08 Å². The third kappa shape index (κ3) is 2.34. The molecule has 0 unspecified atom stereocenters. The Morgan fingerprint density at radius 1 is 1.15 bits per heavy atom. The molecule has 1 aromatic rings. The van der Waals surface area contributed by atoms with Crippen molar-refractivity contribution in [2.75, 3.05) is 0 Å². The van der Waals surface area contributed by atoms with Gasteiger partial charge in [-0.3, -0.25) is 0 Å². The fourth-order valence-corrected chi connectivity index (χ4v) is 1.08. The fraction of sp³-hybridized carbons (Fsp3) is 0.200. The second-order valence-corrected chi connectivity index (χ2v) is 2.59. The zero-order valence-corrected chi connectivity index (χ0v) is 7.10. The number of hydrogen-bond acceptors (Lipinski definition) is 0. The lowest BCUT2D eigenvalue weighted by Crippen LogP contribution is -2.06. The quantitative estimate of drug-likeness (QED) is 0.626. The van der Waals surface area contributed by atoms with Gasteiger partial charge in [-0.25, -0.2) is 0 Å². The Morgan fingerprint density at radius 2 is 1.77 bits per heavy atom. The van der Waals surface area contributed by atoms with Gasteiger partial charge in [-0.1, -0.05) is 30.4 Å². The third-order valence-electron chi connectivity index (χ3n) is 1.61. The van der Waals surface area contributed by atoms with Gasteiger partial charge in [0.2, 0.25) is 0 Å². The molecule has 0 aliphatic carbocycles. The lowest BCUT2D eigenvalue weighted by Gasteiger charge is -2.09. The second kappa shape index (κ2) is 3.64. The largest absolute Gasteiger partial charge is 0.416 e. The van der Waals surface area contributed by atoms with E-state index in [1.165, 1.54) is 18.2 Å². The van der Waals surface area contributed by atoms with Gasteiger partial charge in [0.15, 0.2) is 0 Å². The Kier molecular flexibility index (Phi) is 2.76. The van der Waals surface area contributed by atoms with E-state index in [1.54, 1.807) is 19.1 Å². The van der Waals surface area contributed by atoms with Crippen LogP contribution in [0.2, 0.25) is 0 Å². The van der Waals surface area contributed by atoms with E-state index in [4.69, 9.17) is 0 Å². The van der Waals surface area contributed by atoms with E-state index in [1.807, 2.05) is 0 Å². The van der Waals surface area contributed by atoms with Crippen molar-refractivity contribution >= 4 is 6.08 Å². The molecule has 3 heteroatoms. The van der Waals surface area contributed by atoms with Crippen LogP contribution in [0, 0.1) is 0 Å². The van der Waals surface area contributed by atoms with Gasteiger partial charge in [0.1, 0.15) is 0 Å². The zero-order chi connectivity index (χ0) is 9.90. The van der Waals surface area contributed by atoms with Crippen molar-refractivity contribution in [2.24, 2.45) is 0 Å². The number of hydrogen-bond donors (Lipinski definition) is 0. The van der Waals surface area contributed by atoms with Crippen LogP contribution in [-0.2, 0) is 6.18 Å². The van der Waals surface area contributed by atoms with Gasteiger partial charge in [-0.2, -0.15) is 13.2 Å². The summed E-state index contributed by atoms with van der Waals surface area (Å²) >= 11 is 0. The Labute approximate surface area is 74.7 Å². The van der Waals surface area contributed by atoms with Crippen LogP contribution in [0.5, 0.6) is 0 Å². The highest BCUT2D eigenvalue weighted by Gasteiger charge is 2.32. The summed E-state index contributed by atoms with van der Waals surface area (Å²) in [5.41, 5.74) is -0.384. The van der Waals surface area contributed by atoms with E-state index >= 15 is 0 Å². The van der Waals surface area contributed by atoms with Crippen LogP contribution < -0.4 is 0 Å². The van der Waals surface area contributed by atoms with Crippen molar-refractivity contribution in [3.05, 3.63) is 41.5 Å². The zero-order valence-electron chi connectivity index (χ0n) is 7.10. The smallest absolute Gasteiger partial charge is 0.166 e. The monoisotopic (exact) mass is 186 g/mol. The van der Waals surface area contributed by atoms with Crippen LogP contribution in [0.1, 0.15) is 18.1 Å². The van der Waals surface area contributed by atoms with E-state index < -0.39 is 11.7 Å². The molecule has 0 fully saturated rings. The Hall–Kier alpha value is -1.25. The molecule has 0 aliphatic heterocycles. The molecule has 1 rings (SSSR count). The molecule has 0 spiro atoms. The number of allylic oxidation sites excluding steroid dienone is 1. The highest BCUT2D eigenvalue weighted by molar-refractivity contribution is 5.54. The van der Waals surface area contributed by atoms with Gasteiger partial charge in [0.25, 0.3) is 0 Å². The van der Waals surface area contributed by atoms with E-state index in [0.29, 0.717) is 0 Å². The Bertz CT molecular complexity index is 310. The molecule has 0 heterocycles. The van der Waals surface area contributed by atoms with Crippen LogP contribution in [-0.4, -0.2) is 0 Å². The average Bonchev–Trinajstić information content (AvgIpc) is 2.04. The minimum atomic E-state index is -4.27. The van der Waals surface area contributed by atoms with Gasteiger partial charge in [-0.15, -0.1) is 0 Å². The summed E-state index contributed by atoms with van der Waals surface area (Å²) in [4.78, 5) is 0. The molecule has 0 atom stereocenters. The molecule has 0 N–H and O–H groups in total. The van der Waals surface area contributed by atoms with Crippen molar-refractivity contribution in [1.82, 2.24) is 0 Å². The molecule has 0 aliphatic rings. The van der Waals surface area contributed by atoms with E-state index in [-0.39, 0.29) is 5.56 Å².